The van der Waals surface area contributed by atoms with Crippen molar-refractivity contribution in [2.75, 3.05) is 5.73 Å². The zero-order chi connectivity index (χ0) is 16.5. The van der Waals surface area contributed by atoms with Crippen LogP contribution in [0.4, 0.5) is 5.82 Å². The van der Waals surface area contributed by atoms with Crippen LogP contribution in [0.5, 0.6) is 0 Å². The minimum Gasteiger partial charge on any atom is -0.382 e. The van der Waals surface area contributed by atoms with Gasteiger partial charge in [-0.05, 0) is 5.56 Å². The van der Waals surface area contributed by atoms with Crippen molar-refractivity contribution in [2.45, 2.75) is 6.54 Å². The topological polar surface area (TPSA) is 124 Å². The molecule has 0 unspecified atom stereocenters. The predicted molar refractivity (Wildman–Crippen MR) is 84.9 cm³/mol. The van der Waals surface area contributed by atoms with Gasteiger partial charge in [-0.1, -0.05) is 35.5 Å². The Hall–Kier alpha value is -3.80. The molecule has 0 spiro atoms. The molecule has 4 aromatic rings. The largest absolute Gasteiger partial charge is 0.382 e. The summed E-state index contributed by atoms with van der Waals surface area (Å²) in [6.07, 6.45) is 2.79. The van der Waals surface area contributed by atoms with Crippen LogP contribution < -0.4 is 5.73 Å². The van der Waals surface area contributed by atoms with Crippen molar-refractivity contribution in [3.63, 3.8) is 0 Å². The van der Waals surface area contributed by atoms with E-state index in [4.69, 9.17) is 11.0 Å². The Balaban J connectivity index is 1.82. The third-order valence-corrected chi connectivity index (χ3v) is 3.58. The van der Waals surface area contributed by atoms with Crippen LogP contribution >= 0.6 is 0 Å². The van der Waals surface area contributed by atoms with Gasteiger partial charge < -0.3 is 5.73 Å². The molecule has 9 nitrogen and oxygen atoms in total. The fraction of sp³-hybridized carbons (Fsp3) is 0.0667. The van der Waals surface area contributed by atoms with Gasteiger partial charge >= 0.3 is 0 Å². The number of nitrogens with two attached hydrogens (primary N) is 1. The molecule has 3 aromatic heterocycles. The minimum atomic E-state index is 0.204. The second-order valence-corrected chi connectivity index (χ2v) is 5.07. The van der Waals surface area contributed by atoms with Crippen LogP contribution in [0.25, 0.3) is 17.0 Å². The van der Waals surface area contributed by atoms with Crippen molar-refractivity contribution in [1.82, 2.24) is 34.7 Å². The monoisotopic (exact) mass is 317 g/mol. The summed E-state index contributed by atoms with van der Waals surface area (Å²) >= 11 is 0. The number of hydrogen-bond donors (Lipinski definition) is 1. The van der Waals surface area contributed by atoms with Gasteiger partial charge in [-0.3, -0.25) is 0 Å². The lowest BCUT2D eigenvalue weighted by molar-refractivity contribution is 0.664. The summed E-state index contributed by atoms with van der Waals surface area (Å²) in [5.74, 6) is 0.591. The van der Waals surface area contributed by atoms with E-state index in [0.29, 0.717) is 23.5 Å². The fourth-order valence-corrected chi connectivity index (χ4v) is 2.41. The van der Waals surface area contributed by atoms with Crippen molar-refractivity contribution in [3.05, 3.63) is 54.0 Å². The van der Waals surface area contributed by atoms with Crippen LogP contribution in [-0.4, -0.2) is 34.7 Å². The molecular weight excluding hydrogens is 306 g/mol. The number of nitrogen functional groups attached to an aromatic ring is 1. The molecule has 116 valence electrons. The molecule has 24 heavy (non-hydrogen) atoms. The lowest BCUT2D eigenvalue weighted by atomic mass is 10.2. The Morgan fingerprint density at radius 1 is 1.17 bits per heavy atom. The number of nitrogens with zero attached hydrogens (tertiary/aromatic N) is 8. The molecule has 0 aliphatic rings. The van der Waals surface area contributed by atoms with E-state index in [1.807, 2.05) is 36.4 Å². The molecule has 0 atom stereocenters. The minimum absolute atomic E-state index is 0.204. The Labute approximate surface area is 136 Å². The van der Waals surface area contributed by atoms with Crippen LogP contribution in [0, 0.1) is 11.3 Å². The molecule has 2 N–H and O–H groups in total. The molecule has 0 radical (unpaired) electrons. The summed E-state index contributed by atoms with van der Waals surface area (Å²) in [6, 6.07) is 11.9. The first-order valence-corrected chi connectivity index (χ1v) is 7.10. The first-order chi connectivity index (χ1) is 11.8. The average Bonchev–Trinajstić information content (AvgIpc) is 3.19. The van der Waals surface area contributed by atoms with E-state index in [-0.39, 0.29) is 11.4 Å². The SMILES string of the molecule is N#Cc1cnn(-c2ncnc3c2nnn3Cc2ccccc2)c1N. The maximum Gasteiger partial charge on any atom is 0.189 e. The van der Waals surface area contributed by atoms with Gasteiger partial charge in [0.05, 0.1) is 12.7 Å². The molecule has 0 saturated carbocycles. The second kappa shape index (κ2) is 5.44. The van der Waals surface area contributed by atoms with Gasteiger partial charge in [0.1, 0.15) is 23.8 Å². The van der Waals surface area contributed by atoms with Gasteiger partial charge in [0.15, 0.2) is 17.0 Å². The molecule has 0 fully saturated rings. The highest BCUT2D eigenvalue weighted by Gasteiger charge is 2.17. The van der Waals surface area contributed by atoms with E-state index in [9.17, 15) is 0 Å². The van der Waals surface area contributed by atoms with E-state index >= 15 is 0 Å². The molecule has 1 aromatic carbocycles. The van der Waals surface area contributed by atoms with Crippen LogP contribution in [0.15, 0.2) is 42.9 Å². The number of hydrogen-bond acceptors (Lipinski definition) is 7. The van der Waals surface area contributed by atoms with E-state index in [1.54, 1.807) is 4.68 Å². The van der Waals surface area contributed by atoms with Crippen LogP contribution in [0.1, 0.15) is 11.1 Å². The molecule has 3 heterocycles. The van der Waals surface area contributed by atoms with Gasteiger partial charge in [-0.25, -0.2) is 14.6 Å². The number of aromatic nitrogens is 7. The zero-order valence-corrected chi connectivity index (χ0v) is 12.4. The van der Waals surface area contributed by atoms with Gasteiger partial charge in [0.25, 0.3) is 0 Å². The lowest BCUT2D eigenvalue weighted by Gasteiger charge is -2.04. The summed E-state index contributed by atoms with van der Waals surface area (Å²) in [5, 5.41) is 21.4. The Morgan fingerprint density at radius 3 is 2.75 bits per heavy atom. The van der Waals surface area contributed by atoms with Crippen molar-refractivity contribution in [2.24, 2.45) is 0 Å². The van der Waals surface area contributed by atoms with E-state index in [1.165, 1.54) is 17.2 Å². The lowest BCUT2D eigenvalue weighted by Crippen LogP contribution is -2.07. The average molecular weight is 317 g/mol. The molecular formula is C15H11N9. The number of fused-ring (bicyclic) bond motifs is 1. The van der Waals surface area contributed by atoms with Crippen LogP contribution in [0.2, 0.25) is 0 Å². The van der Waals surface area contributed by atoms with Gasteiger partial charge in [-0.2, -0.15) is 15.0 Å². The normalized spacial score (nSPS) is 10.8. The molecule has 4 rings (SSSR count). The molecule has 0 saturated heterocycles. The highest BCUT2D eigenvalue weighted by Crippen LogP contribution is 2.20. The number of rotatable bonds is 3. The van der Waals surface area contributed by atoms with E-state index < -0.39 is 0 Å². The predicted octanol–water partition coefficient (Wildman–Crippen LogP) is 0.909. The fourth-order valence-electron chi connectivity index (χ4n) is 2.41. The number of benzene rings is 1. The first-order valence-electron chi connectivity index (χ1n) is 7.10. The van der Waals surface area contributed by atoms with Crippen molar-refractivity contribution < 1.29 is 0 Å². The smallest absolute Gasteiger partial charge is 0.189 e. The number of anilines is 1. The summed E-state index contributed by atoms with van der Waals surface area (Å²) in [4.78, 5) is 8.45. The second-order valence-electron chi connectivity index (χ2n) is 5.07. The molecule has 0 amide bonds. The maximum atomic E-state index is 9.01. The molecule has 0 aliphatic carbocycles. The number of nitriles is 1. The Morgan fingerprint density at radius 2 is 2.00 bits per heavy atom. The standard InChI is InChI=1S/C15H11N9/c16-6-11-7-20-24(13(11)17)15-12-14(18-9-19-15)23(22-21-12)8-10-4-2-1-3-5-10/h1-5,7,9H,8,17H2. The molecule has 0 aliphatic heterocycles. The van der Waals surface area contributed by atoms with Crippen molar-refractivity contribution in [1.29, 1.82) is 5.26 Å². The Bertz CT molecular complexity index is 1060. The summed E-state index contributed by atoms with van der Waals surface area (Å²) in [5.41, 5.74) is 8.32. The third-order valence-electron chi connectivity index (χ3n) is 3.58. The van der Waals surface area contributed by atoms with Gasteiger partial charge in [-0.15, -0.1) is 5.10 Å². The highest BCUT2D eigenvalue weighted by atomic mass is 15.5. The van der Waals surface area contributed by atoms with E-state index in [2.05, 4.69) is 25.4 Å². The quantitative estimate of drug-likeness (QED) is 0.595. The maximum absolute atomic E-state index is 9.01. The Kier molecular flexibility index (Phi) is 3.13. The van der Waals surface area contributed by atoms with Crippen LogP contribution in [0.3, 0.4) is 0 Å². The summed E-state index contributed by atoms with van der Waals surface area (Å²) < 4.78 is 3.05. The van der Waals surface area contributed by atoms with E-state index in [0.717, 1.165) is 5.56 Å². The third kappa shape index (κ3) is 2.14. The highest BCUT2D eigenvalue weighted by molar-refractivity contribution is 5.78. The van der Waals surface area contributed by atoms with Crippen molar-refractivity contribution in [3.8, 4) is 11.9 Å². The molecule has 9 heteroatoms. The van der Waals surface area contributed by atoms with Crippen LogP contribution in [-0.2, 0) is 6.54 Å². The first kappa shape index (κ1) is 13.8. The van der Waals surface area contributed by atoms with Gasteiger partial charge in [0, 0.05) is 0 Å². The summed E-state index contributed by atoms with van der Waals surface area (Å²) in [6.45, 7) is 0.534. The zero-order valence-electron chi connectivity index (χ0n) is 12.4. The van der Waals surface area contributed by atoms with Gasteiger partial charge in [0.2, 0.25) is 0 Å². The molecule has 0 bridgehead atoms. The van der Waals surface area contributed by atoms with Crippen molar-refractivity contribution >= 4 is 17.0 Å². The summed E-state index contributed by atoms with van der Waals surface area (Å²) in [7, 11) is 0.